The second-order valence-corrected chi connectivity index (χ2v) is 17.5. The van der Waals surface area contributed by atoms with Crippen molar-refractivity contribution in [1.29, 1.82) is 0 Å². The minimum atomic E-state index is -1.79. The molecule has 2 aliphatic rings. The van der Waals surface area contributed by atoms with Gasteiger partial charge in [0.1, 0.15) is 11.9 Å². The number of aryl methyl sites for hydroxylation is 3. The summed E-state index contributed by atoms with van der Waals surface area (Å²) in [4.78, 5) is 32.6. The average Bonchev–Trinajstić information content (AvgIpc) is 4.03. The molecule has 56 heavy (non-hydrogen) atoms. The van der Waals surface area contributed by atoms with Gasteiger partial charge in [-0.25, -0.2) is 4.79 Å². The molecule has 0 amide bonds. The van der Waals surface area contributed by atoms with Gasteiger partial charge in [-0.2, -0.15) is 0 Å². The van der Waals surface area contributed by atoms with E-state index in [-0.39, 0.29) is 17.4 Å². The number of aromatic nitrogens is 2. The van der Waals surface area contributed by atoms with Gasteiger partial charge in [0.25, 0.3) is 0 Å². The fraction of sp³-hybridized carbons (Fsp3) is 0.419. The van der Waals surface area contributed by atoms with Crippen molar-refractivity contribution in [3.63, 3.8) is 0 Å². The number of carbonyl (C=O) groups excluding carboxylic acids is 1. The zero-order valence-corrected chi connectivity index (χ0v) is 33.3. The lowest BCUT2D eigenvalue weighted by Gasteiger charge is -2.35. The molecule has 1 fully saturated rings. The summed E-state index contributed by atoms with van der Waals surface area (Å²) >= 11 is 2.78. The Kier molecular flexibility index (Phi) is 11.2. The Morgan fingerprint density at radius 2 is 1.93 bits per heavy atom. The third kappa shape index (κ3) is 7.56. The van der Waals surface area contributed by atoms with Crippen molar-refractivity contribution in [2.75, 3.05) is 20.1 Å². The molecule has 2 aliphatic carbocycles. The summed E-state index contributed by atoms with van der Waals surface area (Å²) in [6.07, 6.45) is 7.12. The van der Waals surface area contributed by atoms with Gasteiger partial charge in [0.2, 0.25) is 11.2 Å². The monoisotopic (exact) mass is 796 g/mol. The van der Waals surface area contributed by atoms with Gasteiger partial charge in [-0.05, 0) is 142 Å². The van der Waals surface area contributed by atoms with Crippen molar-refractivity contribution in [2.45, 2.75) is 95.1 Å². The fourth-order valence-electron chi connectivity index (χ4n) is 8.66. The molecule has 5 N–H and O–H groups in total. The van der Waals surface area contributed by atoms with Gasteiger partial charge in [0.15, 0.2) is 5.58 Å². The standard InChI is InChI=1S/C43H48N4O7S2/c1-25-10-18-38(56-25)43(52,37-9-5-21-55-37)42(51)53-28-13-11-27(12-14-28)47(2)20-4-8-33-40-31-7-3-6-29(31)26(22-36(40)54-46-33)23-44-24-35(49)30-15-17-34(48)41-32(30)16-19-39(50)45-41/h5,9-10,15-19,21-22,27-28,35,44,48-49,52H,3-4,6-8,11-14,20,23-24H2,1-2H3,(H,45,50)/t27-,28-,35-,43?/m0/s1. The smallest absolute Gasteiger partial charge is 0.349 e. The van der Waals surface area contributed by atoms with Gasteiger partial charge in [-0.1, -0.05) is 17.3 Å². The molecule has 1 saturated carbocycles. The quantitative estimate of drug-likeness (QED) is 0.0745. The average molecular weight is 797 g/mol. The summed E-state index contributed by atoms with van der Waals surface area (Å²) < 4.78 is 11.9. The Morgan fingerprint density at radius 1 is 1.11 bits per heavy atom. The number of rotatable bonds is 14. The Labute approximate surface area is 332 Å². The number of ether oxygens (including phenoxy) is 1. The Balaban J connectivity index is 0.843. The number of aliphatic hydroxyl groups is 2. The number of hydrogen-bond acceptors (Lipinski definition) is 12. The summed E-state index contributed by atoms with van der Waals surface area (Å²) in [5.74, 6) is -0.624. The summed E-state index contributed by atoms with van der Waals surface area (Å²) in [6, 6.07) is 16.1. The number of benzene rings is 2. The van der Waals surface area contributed by atoms with Crippen molar-refractivity contribution < 1.29 is 29.4 Å². The van der Waals surface area contributed by atoms with E-state index in [0.29, 0.717) is 45.4 Å². The van der Waals surface area contributed by atoms with E-state index in [9.17, 15) is 24.9 Å². The number of esters is 1. The molecule has 1 unspecified atom stereocenters. The lowest BCUT2D eigenvalue weighted by atomic mass is 9.91. The highest BCUT2D eigenvalue weighted by Crippen LogP contribution is 2.40. The minimum absolute atomic E-state index is 0.0331. The number of fused-ring (bicyclic) bond motifs is 4. The number of thiophene rings is 2. The molecule has 11 nitrogen and oxygen atoms in total. The molecule has 4 heterocycles. The van der Waals surface area contributed by atoms with Crippen LogP contribution in [0.25, 0.3) is 21.9 Å². The maximum atomic E-state index is 13.6. The SMILES string of the molecule is Cc1ccc(C(O)(C(=O)O[C@H]2CC[C@H](N(C)CCCc3noc4cc(CNC[C@H](O)c5ccc(O)c6[nH]c(=O)ccc56)c5c(c34)CCC5)CC2)c2cccs2)s1. The molecule has 2 atom stereocenters. The lowest BCUT2D eigenvalue weighted by Crippen LogP contribution is -2.42. The van der Waals surface area contributed by atoms with Gasteiger partial charge < -0.3 is 39.8 Å². The molecule has 294 valence electrons. The molecule has 4 aromatic heterocycles. The van der Waals surface area contributed by atoms with Crippen LogP contribution in [0.1, 0.15) is 87.2 Å². The van der Waals surface area contributed by atoms with Gasteiger partial charge in [-0.3, -0.25) is 4.79 Å². The molecule has 2 aromatic carbocycles. The van der Waals surface area contributed by atoms with Crippen LogP contribution in [0.2, 0.25) is 0 Å². The number of aromatic hydroxyl groups is 1. The number of nitrogens with zero attached hydrogens (tertiary/aromatic N) is 2. The van der Waals surface area contributed by atoms with Gasteiger partial charge in [0, 0.05) is 40.8 Å². The van der Waals surface area contributed by atoms with E-state index in [2.05, 4.69) is 33.5 Å². The van der Waals surface area contributed by atoms with Gasteiger partial charge in [0.05, 0.1) is 27.1 Å². The van der Waals surface area contributed by atoms with Crippen LogP contribution in [0.4, 0.5) is 0 Å². The molecule has 8 rings (SSSR count). The number of nitrogens with one attached hydrogen (secondary N) is 2. The van der Waals surface area contributed by atoms with Crippen LogP contribution in [0, 0.1) is 6.92 Å². The zero-order chi connectivity index (χ0) is 39.0. The van der Waals surface area contributed by atoms with Crippen LogP contribution in [-0.4, -0.2) is 68.6 Å². The minimum Gasteiger partial charge on any atom is -0.506 e. The normalized spacial score (nSPS) is 18.7. The fourth-order valence-corrected chi connectivity index (χ4v) is 10.5. The predicted octanol–water partition coefficient (Wildman–Crippen LogP) is 6.77. The third-order valence-electron chi connectivity index (χ3n) is 11.7. The van der Waals surface area contributed by atoms with E-state index in [1.165, 1.54) is 45.9 Å². The Bertz CT molecular complexity index is 2390. The second kappa shape index (κ2) is 16.2. The zero-order valence-electron chi connectivity index (χ0n) is 31.7. The topological polar surface area (TPSA) is 161 Å². The van der Waals surface area contributed by atoms with Crippen molar-refractivity contribution in [1.82, 2.24) is 20.4 Å². The van der Waals surface area contributed by atoms with Crippen LogP contribution in [0.5, 0.6) is 5.75 Å². The molecule has 0 radical (unpaired) electrons. The first-order valence-electron chi connectivity index (χ1n) is 19.5. The first-order chi connectivity index (χ1) is 27.1. The molecule has 0 saturated heterocycles. The number of carbonyl (C=O) groups is 1. The lowest BCUT2D eigenvalue weighted by molar-refractivity contribution is -0.169. The highest BCUT2D eigenvalue weighted by molar-refractivity contribution is 7.13. The number of H-pyrrole nitrogens is 1. The van der Waals surface area contributed by atoms with E-state index in [0.717, 1.165) is 91.4 Å². The van der Waals surface area contributed by atoms with Crippen LogP contribution >= 0.6 is 22.7 Å². The van der Waals surface area contributed by atoms with Gasteiger partial charge in [-0.15, -0.1) is 22.7 Å². The highest BCUT2D eigenvalue weighted by Gasteiger charge is 2.45. The number of pyridine rings is 1. The van der Waals surface area contributed by atoms with Crippen molar-refractivity contribution >= 4 is 50.5 Å². The van der Waals surface area contributed by atoms with E-state index >= 15 is 0 Å². The van der Waals surface area contributed by atoms with E-state index in [1.807, 2.05) is 30.5 Å². The maximum absolute atomic E-state index is 13.6. The molecule has 13 heteroatoms. The van der Waals surface area contributed by atoms with Crippen LogP contribution in [0.15, 0.2) is 69.3 Å². The maximum Gasteiger partial charge on any atom is 0.349 e. The van der Waals surface area contributed by atoms with E-state index in [4.69, 9.17) is 9.26 Å². The summed E-state index contributed by atoms with van der Waals surface area (Å²) in [6.45, 7) is 3.74. The summed E-state index contributed by atoms with van der Waals surface area (Å²) in [7, 11) is 2.17. The number of hydrogen-bond donors (Lipinski definition) is 5. The third-order valence-corrected chi connectivity index (χ3v) is 13.7. The largest absolute Gasteiger partial charge is 0.506 e. The molecular formula is C43H48N4O7S2. The highest BCUT2D eigenvalue weighted by atomic mass is 32.1. The Hall–Kier alpha value is -4.37. The van der Waals surface area contributed by atoms with Gasteiger partial charge >= 0.3 is 5.97 Å². The van der Waals surface area contributed by atoms with Crippen LogP contribution < -0.4 is 10.9 Å². The first kappa shape index (κ1) is 38.5. The van der Waals surface area contributed by atoms with E-state index < -0.39 is 17.7 Å². The van der Waals surface area contributed by atoms with Crippen molar-refractivity contribution in [2.24, 2.45) is 0 Å². The molecular weight excluding hydrogens is 749 g/mol. The number of aliphatic hydroxyl groups excluding tert-OH is 1. The second-order valence-electron chi connectivity index (χ2n) is 15.3. The van der Waals surface area contributed by atoms with Crippen molar-refractivity contribution in [3.8, 4) is 5.75 Å². The first-order valence-corrected chi connectivity index (χ1v) is 21.2. The molecule has 6 aromatic rings. The molecule has 0 bridgehead atoms. The predicted molar refractivity (Wildman–Crippen MR) is 218 cm³/mol. The van der Waals surface area contributed by atoms with E-state index in [1.54, 1.807) is 18.2 Å². The number of phenolic OH excluding ortho intramolecular Hbond substituents is 1. The van der Waals surface area contributed by atoms with Crippen LogP contribution in [-0.2, 0) is 40.9 Å². The van der Waals surface area contributed by atoms with Crippen molar-refractivity contribution in [3.05, 3.63) is 113 Å². The Morgan fingerprint density at radius 3 is 2.70 bits per heavy atom. The summed E-state index contributed by atoms with van der Waals surface area (Å²) in [5.41, 5.74) is 4.47. The van der Waals surface area contributed by atoms with Crippen LogP contribution in [0.3, 0.4) is 0 Å². The molecule has 0 aliphatic heterocycles. The molecule has 0 spiro atoms. The number of phenols is 1. The number of aromatic amines is 1. The summed E-state index contributed by atoms with van der Waals surface area (Å²) in [5, 5.41) is 44.6.